The van der Waals surface area contributed by atoms with Gasteiger partial charge < -0.3 is 20.0 Å². The number of quaternary nitrogens is 1. The van der Waals surface area contributed by atoms with E-state index in [1.807, 2.05) is 42.5 Å². The van der Waals surface area contributed by atoms with Crippen LogP contribution in [0, 0.1) is 5.92 Å². The fourth-order valence-corrected chi connectivity index (χ4v) is 4.05. The van der Waals surface area contributed by atoms with Crippen LogP contribution in [0.4, 0.5) is 15.3 Å². The molecule has 0 aromatic heterocycles. The molecule has 158 valence electrons. The molecule has 2 aromatic rings. The minimum absolute atomic E-state index is 0.0470. The van der Waals surface area contributed by atoms with E-state index in [0.717, 1.165) is 11.1 Å². The number of carbonyl (C=O) groups excluding carboxylic acids is 3. The predicted molar refractivity (Wildman–Crippen MR) is 110 cm³/mol. The summed E-state index contributed by atoms with van der Waals surface area (Å²) in [5.41, 5.74) is 1.98. The van der Waals surface area contributed by atoms with E-state index in [1.54, 1.807) is 32.9 Å². The highest BCUT2D eigenvalue weighted by Gasteiger charge is 2.55. The predicted octanol–water partition coefficient (Wildman–Crippen LogP) is 2.76. The topological polar surface area (TPSA) is 95.5 Å². The molecule has 1 heterocycles. The van der Waals surface area contributed by atoms with Crippen LogP contribution in [0.3, 0.4) is 0 Å². The third-order valence-corrected chi connectivity index (χ3v) is 5.60. The highest BCUT2D eigenvalue weighted by atomic mass is 16.5. The Morgan fingerprint density at radius 1 is 1.10 bits per heavy atom. The van der Waals surface area contributed by atoms with Crippen LogP contribution in [0.2, 0.25) is 0 Å². The minimum Gasteiger partial charge on any atom is -0.498 e. The van der Waals surface area contributed by atoms with Crippen molar-refractivity contribution in [1.82, 2.24) is 9.80 Å². The zero-order chi connectivity index (χ0) is 21.9. The van der Waals surface area contributed by atoms with Crippen LogP contribution in [0.15, 0.2) is 54.6 Å². The van der Waals surface area contributed by atoms with Gasteiger partial charge in [-0.25, -0.2) is 9.59 Å². The SMILES string of the molecule is CC(C)[C@H](NC(=O)OCc1ccccc1)C(=O)[N@@+]1(C(=O)[O-])c2ccccc2CC1C. The molecule has 7 nitrogen and oxygen atoms in total. The summed E-state index contributed by atoms with van der Waals surface area (Å²) in [7, 11) is 0. The molecular weight excluding hydrogens is 384 g/mol. The van der Waals surface area contributed by atoms with Crippen molar-refractivity contribution in [2.24, 2.45) is 5.92 Å². The normalized spacial score (nSPS) is 21.0. The van der Waals surface area contributed by atoms with E-state index in [2.05, 4.69) is 5.32 Å². The van der Waals surface area contributed by atoms with Gasteiger partial charge in [0.05, 0.1) is 0 Å². The summed E-state index contributed by atoms with van der Waals surface area (Å²) in [5.74, 6) is -0.991. The fraction of sp³-hybridized carbons (Fsp3) is 0.348. The van der Waals surface area contributed by atoms with Crippen molar-refractivity contribution in [3.63, 3.8) is 0 Å². The maximum absolute atomic E-state index is 13.6. The maximum atomic E-state index is 13.6. The second-order valence-corrected chi connectivity index (χ2v) is 7.94. The molecule has 7 heteroatoms. The molecule has 0 saturated carbocycles. The monoisotopic (exact) mass is 410 g/mol. The number of imide groups is 1. The van der Waals surface area contributed by atoms with E-state index in [9.17, 15) is 19.5 Å². The molecule has 3 rings (SSSR count). The van der Waals surface area contributed by atoms with E-state index in [4.69, 9.17) is 4.74 Å². The van der Waals surface area contributed by atoms with Crippen molar-refractivity contribution in [1.29, 1.82) is 0 Å². The van der Waals surface area contributed by atoms with Gasteiger partial charge in [0, 0.05) is 18.1 Å². The molecule has 0 spiro atoms. The number of fused-ring (bicyclic) bond motifs is 1. The summed E-state index contributed by atoms with van der Waals surface area (Å²) in [5, 5.41) is 14.9. The minimum atomic E-state index is -1.50. The van der Waals surface area contributed by atoms with Crippen LogP contribution < -0.4 is 14.9 Å². The van der Waals surface area contributed by atoms with Crippen molar-refractivity contribution in [2.75, 3.05) is 0 Å². The van der Waals surface area contributed by atoms with Crippen molar-refractivity contribution in [3.05, 3.63) is 65.7 Å². The van der Waals surface area contributed by atoms with E-state index >= 15 is 0 Å². The van der Waals surface area contributed by atoms with Crippen LogP contribution in [0.25, 0.3) is 0 Å². The van der Waals surface area contributed by atoms with Crippen LogP contribution in [0.5, 0.6) is 0 Å². The molecule has 1 N–H and O–H groups in total. The first-order chi connectivity index (χ1) is 14.3. The number of hydrogen-bond acceptors (Lipinski definition) is 5. The molecular formula is C23H26N2O5. The molecule has 0 radical (unpaired) electrons. The Bertz CT molecular complexity index is 944. The van der Waals surface area contributed by atoms with Crippen LogP contribution >= 0.6 is 0 Å². The quantitative estimate of drug-likeness (QED) is 0.765. The lowest BCUT2D eigenvalue weighted by atomic mass is 10.0. The average Bonchev–Trinajstić information content (AvgIpc) is 3.03. The zero-order valence-electron chi connectivity index (χ0n) is 17.3. The summed E-state index contributed by atoms with van der Waals surface area (Å²) >= 11 is 0. The molecule has 1 aliphatic rings. The first-order valence-electron chi connectivity index (χ1n) is 9.98. The molecule has 0 aliphatic carbocycles. The Labute approximate surface area is 175 Å². The largest absolute Gasteiger partial charge is 0.498 e. The standard InChI is InChI=1S/C23H26N2O5/c1-15(2)20(24-22(27)30-14-17-9-5-4-6-10-17)21(26)25(23(28)29)16(3)13-18-11-7-8-12-19(18)25/h4-12,15-16,20H,13-14H2,1-3H3,(H-,24,27,28,29)/t16?,20-,25-/m0/s1. The highest BCUT2D eigenvalue weighted by molar-refractivity contribution is 6.09. The lowest BCUT2D eigenvalue weighted by Crippen LogP contribution is -2.71. The smallest absolute Gasteiger partial charge is 0.408 e. The van der Waals surface area contributed by atoms with Gasteiger partial charge in [0.2, 0.25) is 0 Å². The Kier molecular flexibility index (Phi) is 6.22. The molecule has 2 aromatic carbocycles. The van der Waals surface area contributed by atoms with E-state index in [-0.39, 0.29) is 12.5 Å². The molecule has 0 saturated heterocycles. The van der Waals surface area contributed by atoms with Gasteiger partial charge in [0.15, 0.2) is 6.04 Å². The number of nitrogens with one attached hydrogen (secondary N) is 1. The number of nitrogens with zero attached hydrogens (tertiary/aromatic N) is 1. The van der Waals surface area contributed by atoms with E-state index in [1.165, 1.54) is 0 Å². The average molecular weight is 410 g/mol. The third kappa shape index (κ3) is 3.80. The number of para-hydroxylation sites is 1. The molecule has 0 fully saturated rings. The molecule has 1 unspecified atom stereocenters. The van der Waals surface area contributed by atoms with Gasteiger partial charge in [-0.3, -0.25) is 0 Å². The van der Waals surface area contributed by atoms with Gasteiger partial charge in [0.1, 0.15) is 18.3 Å². The van der Waals surface area contributed by atoms with Gasteiger partial charge in [-0.15, -0.1) is 0 Å². The first-order valence-corrected chi connectivity index (χ1v) is 9.98. The van der Waals surface area contributed by atoms with Crippen LogP contribution in [-0.4, -0.2) is 30.2 Å². The summed E-state index contributed by atoms with van der Waals surface area (Å²) < 4.78 is 4.29. The van der Waals surface area contributed by atoms with E-state index < -0.39 is 34.7 Å². The van der Waals surface area contributed by atoms with Gasteiger partial charge in [-0.1, -0.05) is 62.4 Å². The first kappa shape index (κ1) is 21.5. The Balaban J connectivity index is 1.85. The Hall–Kier alpha value is -3.19. The lowest BCUT2D eigenvalue weighted by molar-refractivity contribution is -0.264. The second-order valence-electron chi connectivity index (χ2n) is 7.94. The molecule has 30 heavy (non-hydrogen) atoms. The number of ether oxygens (including phenoxy) is 1. The molecule has 3 amide bonds. The number of hydrogen-bond donors (Lipinski definition) is 1. The summed E-state index contributed by atoms with van der Waals surface area (Å²) in [6.07, 6.45) is -1.84. The van der Waals surface area contributed by atoms with Crippen molar-refractivity contribution in [3.8, 4) is 0 Å². The molecule has 1 aliphatic heterocycles. The van der Waals surface area contributed by atoms with Crippen molar-refractivity contribution >= 4 is 23.8 Å². The number of amides is 3. The van der Waals surface area contributed by atoms with Gasteiger partial charge in [-0.05, 0) is 18.4 Å². The Morgan fingerprint density at radius 3 is 2.37 bits per heavy atom. The highest BCUT2D eigenvalue weighted by Crippen LogP contribution is 2.40. The number of alkyl carbamates (subject to hydrolysis) is 1. The zero-order valence-corrected chi connectivity index (χ0v) is 17.3. The maximum Gasteiger partial charge on any atom is 0.408 e. The van der Waals surface area contributed by atoms with Crippen LogP contribution in [0.1, 0.15) is 31.9 Å². The molecule has 0 bridgehead atoms. The summed E-state index contributed by atoms with van der Waals surface area (Å²) in [4.78, 5) is 38.4. The van der Waals surface area contributed by atoms with Crippen LogP contribution in [-0.2, 0) is 22.6 Å². The van der Waals surface area contributed by atoms with Crippen molar-refractivity contribution in [2.45, 2.75) is 45.9 Å². The summed E-state index contributed by atoms with van der Waals surface area (Å²) in [6, 6.07) is 14.5. The van der Waals surface area contributed by atoms with Gasteiger partial charge in [0.25, 0.3) is 6.09 Å². The second kappa shape index (κ2) is 8.67. The third-order valence-electron chi connectivity index (χ3n) is 5.60. The Morgan fingerprint density at radius 2 is 1.73 bits per heavy atom. The van der Waals surface area contributed by atoms with E-state index in [0.29, 0.717) is 12.1 Å². The lowest BCUT2D eigenvalue weighted by Gasteiger charge is -2.38. The van der Waals surface area contributed by atoms with Gasteiger partial charge in [-0.2, -0.15) is 4.48 Å². The number of benzene rings is 2. The summed E-state index contributed by atoms with van der Waals surface area (Å²) in [6.45, 7) is 5.25. The number of carboxylic acid groups (broad SMARTS) is 1. The fourth-order valence-electron chi connectivity index (χ4n) is 4.05. The number of rotatable bonds is 5. The van der Waals surface area contributed by atoms with Gasteiger partial charge >= 0.3 is 12.0 Å². The molecule has 3 atom stereocenters. The van der Waals surface area contributed by atoms with Crippen molar-refractivity contribution < 1.29 is 24.2 Å². The number of carbonyl (C=O) groups is 3.